The molecule has 1 aromatic carbocycles. The molecule has 1 aliphatic carbocycles. The number of benzene rings is 1. The van der Waals surface area contributed by atoms with Gasteiger partial charge < -0.3 is 4.74 Å². The highest BCUT2D eigenvalue weighted by molar-refractivity contribution is 6.02. The number of aryl methyl sites for hydroxylation is 1. The maximum atomic E-state index is 13.5. The lowest BCUT2D eigenvalue weighted by molar-refractivity contribution is -0.654. The largest absolute Gasteiger partial charge is 0.462 e. The molecule has 0 unspecified atom stereocenters. The van der Waals surface area contributed by atoms with Crippen LogP contribution in [-0.2, 0) is 9.53 Å². The summed E-state index contributed by atoms with van der Waals surface area (Å²) < 4.78 is 7.08. The number of ether oxygens (including phenoxy) is 1. The van der Waals surface area contributed by atoms with Crippen molar-refractivity contribution in [2.45, 2.75) is 66.3 Å². The molecule has 1 aromatic heterocycles. The van der Waals surface area contributed by atoms with E-state index in [9.17, 15) is 9.59 Å². The van der Waals surface area contributed by atoms with Gasteiger partial charge in [-0.1, -0.05) is 29.3 Å². The van der Waals surface area contributed by atoms with Crippen molar-refractivity contribution in [1.82, 2.24) is 5.10 Å². The number of rotatable bonds is 6. The summed E-state index contributed by atoms with van der Waals surface area (Å²) in [4.78, 5) is 28.0. The van der Waals surface area contributed by atoms with Crippen molar-refractivity contribution in [2.75, 3.05) is 11.5 Å². The van der Waals surface area contributed by atoms with Crippen molar-refractivity contribution in [3.63, 3.8) is 0 Å². The lowest BCUT2D eigenvalue weighted by atomic mass is 9.82. The molecule has 2 aromatic rings. The molecule has 6 heteroatoms. The van der Waals surface area contributed by atoms with Crippen LogP contribution in [0, 0.1) is 18.8 Å². The minimum atomic E-state index is -0.426. The quantitative estimate of drug-likeness (QED) is 0.567. The van der Waals surface area contributed by atoms with Crippen LogP contribution >= 0.6 is 0 Å². The third-order valence-corrected chi connectivity index (χ3v) is 5.91. The van der Waals surface area contributed by atoms with Crippen molar-refractivity contribution in [1.29, 1.82) is 0 Å². The van der Waals surface area contributed by atoms with Crippen molar-refractivity contribution >= 4 is 17.7 Å². The predicted molar refractivity (Wildman–Crippen MR) is 117 cm³/mol. The van der Waals surface area contributed by atoms with Crippen LogP contribution in [0.1, 0.15) is 69.3 Å². The SMILES string of the molecule is CCOC(=O)c1c[n+](-c2ccc(C)cc2)[nH]c1N(C(=O)C1CCC(C)CC1)C(C)C. The zero-order valence-electron chi connectivity index (χ0n) is 18.8. The number of hydrogen-bond acceptors (Lipinski definition) is 3. The average molecular weight is 413 g/mol. The summed E-state index contributed by atoms with van der Waals surface area (Å²) in [5.74, 6) is 0.832. The fourth-order valence-electron chi connectivity index (χ4n) is 4.11. The fraction of sp³-hybridized carbons (Fsp3) is 0.542. The standard InChI is InChI=1S/C24H33N3O3/c1-6-30-24(29)21-15-26(20-13-9-18(5)10-14-20)25-22(21)27(16(2)3)23(28)19-11-7-17(4)8-12-19/h9-10,13-17,19H,6-8,11-12H2,1-5H3/p+1. The molecule has 30 heavy (non-hydrogen) atoms. The highest BCUT2D eigenvalue weighted by atomic mass is 16.5. The van der Waals surface area contributed by atoms with E-state index in [2.05, 4.69) is 12.0 Å². The Hall–Kier alpha value is -2.63. The summed E-state index contributed by atoms with van der Waals surface area (Å²) in [5.41, 5.74) is 2.42. The molecular weight excluding hydrogens is 378 g/mol. The molecule has 1 heterocycles. The normalized spacial score (nSPS) is 19.0. The first-order valence-corrected chi connectivity index (χ1v) is 11.0. The predicted octanol–water partition coefficient (Wildman–Crippen LogP) is 4.34. The Morgan fingerprint density at radius 3 is 2.37 bits per heavy atom. The van der Waals surface area contributed by atoms with Crippen molar-refractivity contribution in [2.24, 2.45) is 11.8 Å². The molecule has 1 saturated carbocycles. The van der Waals surface area contributed by atoms with Crippen molar-refractivity contribution in [3.8, 4) is 5.69 Å². The summed E-state index contributed by atoms with van der Waals surface area (Å²) in [5, 5.41) is 3.29. The smallest absolute Gasteiger partial charge is 0.348 e. The second-order valence-electron chi connectivity index (χ2n) is 8.69. The van der Waals surface area contributed by atoms with Gasteiger partial charge in [0.05, 0.1) is 6.61 Å². The zero-order valence-corrected chi connectivity index (χ0v) is 18.8. The van der Waals surface area contributed by atoms with Gasteiger partial charge in [-0.3, -0.25) is 9.69 Å². The minimum Gasteiger partial charge on any atom is -0.462 e. The van der Waals surface area contributed by atoms with Crippen LogP contribution < -0.4 is 9.58 Å². The highest BCUT2D eigenvalue weighted by Crippen LogP contribution is 2.32. The van der Waals surface area contributed by atoms with Gasteiger partial charge in [0.2, 0.25) is 17.8 Å². The number of aromatic amines is 1. The molecule has 0 radical (unpaired) electrons. The molecule has 0 aliphatic heterocycles. The number of hydrogen-bond donors (Lipinski definition) is 1. The van der Waals surface area contributed by atoms with Gasteiger partial charge in [0.1, 0.15) is 0 Å². The number of amides is 1. The van der Waals surface area contributed by atoms with E-state index in [0.29, 0.717) is 17.3 Å². The number of aromatic nitrogens is 2. The summed E-state index contributed by atoms with van der Waals surface area (Å²) in [7, 11) is 0. The molecule has 1 fully saturated rings. The Labute approximate surface area is 179 Å². The van der Waals surface area contributed by atoms with Gasteiger partial charge in [0.25, 0.3) is 0 Å². The fourth-order valence-corrected chi connectivity index (χ4v) is 4.11. The number of nitrogens with zero attached hydrogens (tertiary/aromatic N) is 2. The first-order chi connectivity index (χ1) is 14.3. The van der Waals surface area contributed by atoms with Gasteiger partial charge in [-0.05, 0) is 59.3 Å². The molecule has 0 atom stereocenters. The monoisotopic (exact) mass is 412 g/mol. The second kappa shape index (κ2) is 9.45. The Morgan fingerprint density at radius 1 is 1.17 bits per heavy atom. The summed E-state index contributed by atoms with van der Waals surface area (Å²) in [6.07, 6.45) is 5.67. The number of anilines is 1. The van der Waals surface area contributed by atoms with E-state index in [1.165, 1.54) is 0 Å². The second-order valence-corrected chi connectivity index (χ2v) is 8.69. The number of nitrogens with one attached hydrogen (secondary N) is 1. The number of carbonyl (C=O) groups is 2. The van der Waals surface area contributed by atoms with Crippen molar-refractivity contribution in [3.05, 3.63) is 41.6 Å². The number of carbonyl (C=O) groups excluding carboxylic acids is 2. The average Bonchev–Trinajstić information content (AvgIpc) is 3.14. The summed E-state index contributed by atoms with van der Waals surface area (Å²) >= 11 is 0. The van der Waals surface area contributed by atoms with Crippen LogP contribution in [0.2, 0.25) is 0 Å². The minimum absolute atomic E-state index is 0.00484. The van der Waals surface area contributed by atoms with Crippen LogP contribution in [0.25, 0.3) is 5.69 Å². The van der Waals surface area contributed by atoms with Crippen LogP contribution in [0.4, 0.5) is 5.82 Å². The van der Waals surface area contributed by atoms with Gasteiger partial charge in [-0.25, -0.2) is 4.79 Å². The zero-order chi connectivity index (χ0) is 21.8. The van der Waals surface area contributed by atoms with E-state index < -0.39 is 5.97 Å². The maximum Gasteiger partial charge on any atom is 0.348 e. The summed E-state index contributed by atoms with van der Waals surface area (Å²) in [6.45, 7) is 10.3. The molecule has 162 valence electrons. The molecule has 0 saturated heterocycles. The summed E-state index contributed by atoms with van der Waals surface area (Å²) in [6, 6.07) is 7.90. The van der Waals surface area contributed by atoms with E-state index in [1.54, 1.807) is 22.7 Å². The van der Waals surface area contributed by atoms with Gasteiger partial charge in [-0.2, -0.15) is 0 Å². The molecule has 1 aliphatic rings. The topological polar surface area (TPSA) is 66.3 Å². The molecule has 1 amide bonds. The lowest BCUT2D eigenvalue weighted by Crippen LogP contribution is -2.44. The van der Waals surface area contributed by atoms with Crippen LogP contribution in [0.5, 0.6) is 0 Å². The molecule has 0 spiro atoms. The van der Waals surface area contributed by atoms with Gasteiger partial charge in [-0.15, -0.1) is 5.10 Å². The van der Waals surface area contributed by atoms with Gasteiger partial charge in [0.15, 0.2) is 11.4 Å². The Balaban J connectivity index is 2.01. The molecule has 0 bridgehead atoms. The number of H-pyrrole nitrogens is 1. The lowest BCUT2D eigenvalue weighted by Gasteiger charge is -2.32. The maximum absolute atomic E-state index is 13.5. The molecule has 6 nitrogen and oxygen atoms in total. The van der Waals surface area contributed by atoms with E-state index in [1.807, 2.05) is 45.0 Å². The molecule has 1 N–H and O–H groups in total. The molecule has 3 rings (SSSR count). The highest BCUT2D eigenvalue weighted by Gasteiger charge is 2.36. The van der Waals surface area contributed by atoms with E-state index in [0.717, 1.165) is 36.9 Å². The first-order valence-electron chi connectivity index (χ1n) is 11.0. The number of esters is 1. The first kappa shape index (κ1) is 22.1. The van der Waals surface area contributed by atoms with E-state index >= 15 is 0 Å². The van der Waals surface area contributed by atoms with Crippen LogP contribution in [0.15, 0.2) is 30.5 Å². The third-order valence-electron chi connectivity index (χ3n) is 5.91. The van der Waals surface area contributed by atoms with Gasteiger partial charge in [0, 0.05) is 24.1 Å². The Morgan fingerprint density at radius 2 is 1.80 bits per heavy atom. The third kappa shape index (κ3) is 4.74. The van der Waals surface area contributed by atoms with Gasteiger partial charge >= 0.3 is 5.97 Å². The van der Waals surface area contributed by atoms with Crippen LogP contribution in [0.3, 0.4) is 0 Å². The molecular formula is C24H34N3O3+. The Kier molecular flexibility index (Phi) is 6.95. The Bertz CT molecular complexity index is 878. The van der Waals surface area contributed by atoms with E-state index in [4.69, 9.17) is 4.74 Å². The van der Waals surface area contributed by atoms with Crippen LogP contribution in [-0.4, -0.2) is 29.6 Å². The van der Waals surface area contributed by atoms with Crippen molar-refractivity contribution < 1.29 is 19.0 Å². The van der Waals surface area contributed by atoms with E-state index in [-0.39, 0.29) is 24.5 Å².